The number of thioether (sulfide) groups is 1. The van der Waals surface area contributed by atoms with Crippen LogP contribution in [0.15, 0.2) is 50.9 Å². The number of carbonyl (C=O) groups excluding carboxylic acids is 1. The highest BCUT2D eigenvalue weighted by Gasteiger charge is 2.13. The van der Waals surface area contributed by atoms with Crippen LogP contribution in [-0.4, -0.2) is 29.6 Å². The zero-order chi connectivity index (χ0) is 18.4. The van der Waals surface area contributed by atoms with Crippen LogP contribution in [0.4, 0.5) is 0 Å². The smallest absolute Gasteiger partial charge is 0.253 e. The van der Waals surface area contributed by atoms with Gasteiger partial charge in [0.15, 0.2) is 11.5 Å². The average Bonchev–Trinajstić information content (AvgIpc) is 2.59. The summed E-state index contributed by atoms with van der Waals surface area (Å²) in [7, 11) is 1.47. The van der Waals surface area contributed by atoms with Crippen LogP contribution in [0, 0.1) is 6.92 Å². The molecule has 25 heavy (non-hydrogen) atoms. The molecule has 1 atom stereocenters. The van der Waals surface area contributed by atoms with Gasteiger partial charge in [-0.2, -0.15) is 5.10 Å². The molecule has 0 bridgehead atoms. The topological polar surface area (TPSA) is 70.9 Å². The maximum atomic E-state index is 12.1. The van der Waals surface area contributed by atoms with Crippen molar-refractivity contribution >= 4 is 39.8 Å². The number of benzene rings is 2. The quantitative estimate of drug-likeness (QED) is 0.417. The number of halogens is 1. The van der Waals surface area contributed by atoms with Crippen molar-refractivity contribution in [3.8, 4) is 11.5 Å². The summed E-state index contributed by atoms with van der Waals surface area (Å²) in [6.07, 6.45) is 1.49. The first-order valence-corrected chi connectivity index (χ1v) is 9.20. The number of hydrogen-bond donors (Lipinski definition) is 2. The fraction of sp³-hybridized carbons (Fsp3) is 0.222. The fourth-order valence-electron chi connectivity index (χ4n) is 1.96. The summed E-state index contributed by atoms with van der Waals surface area (Å²) in [6, 6.07) is 11.3. The molecule has 0 saturated heterocycles. The van der Waals surface area contributed by atoms with E-state index in [4.69, 9.17) is 4.74 Å². The van der Waals surface area contributed by atoms with Crippen molar-refractivity contribution in [2.75, 3.05) is 7.11 Å². The average molecular weight is 423 g/mol. The zero-order valence-corrected chi connectivity index (χ0v) is 16.5. The predicted molar refractivity (Wildman–Crippen MR) is 105 cm³/mol. The Morgan fingerprint density at radius 3 is 2.68 bits per heavy atom. The van der Waals surface area contributed by atoms with Crippen LogP contribution in [-0.2, 0) is 4.79 Å². The molecule has 0 radical (unpaired) electrons. The Labute approximate surface area is 159 Å². The number of phenols is 1. The lowest BCUT2D eigenvalue weighted by Crippen LogP contribution is -2.26. The van der Waals surface area contributed by atoms with E-state index in [0.29, 0.717) is 15.8 Å². The third kappa shape index (κ3) is 5.51. The summed E-state index contributed by atoms with van der Waals surface area (Å²) in [4.78, 5) is 13.2. The van der Waals surface area contributed by atoms with Gasteiger partial charge in [-0.05, 0) is 59.6 Å². The number of hydrogen-bond acceptors (Lipinski definition) is 5. The van der Waals surface area contributed by atoms with Gasteiger partial charge in [0.25, 0.3) is 5.91 Å². The Hall–Kier alpha value is -1.99. The minimum Gasteiger partial charge on any atom is -0.503 e. The summed E-state index contributed by atoms with van der Waals surface area (Å²) in [5.74, 6) is 0.156. The molecule has 0 aliphatic carbocycles. The van der Waals surface area contributed by atoms with Crippen molar-refractivity contribution in [1.82, 2.24) is 5.43 Å². The number of rotatable bonds is 6. The van der Waals surface area contributed by atoms with Gasteiger partial charge in [-0.15, -0.1) is 11.8 Å². The number of methoxy groups -OCH3 is 1. The number of ether oxygens (including phenoxy) is 1. The van der Waals surface area contributed by atoms with Crippen LogP contribution in [0.3, 0.4) is 0 Å². The minimum absolute atomic E-state index is 0.0202. The van der Waals surface area contributed by atoms with Crippen molar-refractivity contribution in [1.29, 1.82) is 0 Å². The predicted octanol–water partition coefficient (Wildman–Crippen LogP) is 4.10. The number of nitrogens with one attached hydrogen (secondary N) is 1. The Kier molecular flexibility index (Phi) is 6.90. The van der Waals surface area contributed by atoms with E-state index >= 15 is 0 Å². The van der Waals surface area contributed by atoms with Gasteiger partial charge in [-0.3, -0.25) is 4.79 Å². The maximum Gasteiger partial charge on any atom is 0.253 e. The normalized spacial score (nSPS) is 12.2. The number of aromatic hydroxyl groups is 1. The molecule has 2 rings (SSSR count). The highest BCUT2D eigenvalue weighted by molar-refractivity contribution is 9.10. The van der Waals surface area contributed by atoms with E-state index in [0.717, 1.165) is 4.90 Å². The lowest BCUT2D eigenvalue weighted by Gasteiger charge is -2.09. The number of nitrogens with zero attached hydrogens (tertiary/aromatic N) is 1. The molecule has 2 aromatic carbocycles. The van der Waals surface area contributed by atoms with Gasteiger partial charge >= 0.3 is 0 Å². The van der Waals surface area contributed by atoms with Gasteiger partial charge in [0.1, 0.15) is 0 Å². The number of amides is 1. The maximum absolute atomic E-state index is 12.1. The van der Waals surface area contributed by atoms with Gasteiger partial charge in [0.2, 0.25) is 0 Å². The summed E-state index contributed by atoms with van der Waals surface area (Å²) in [6.45, 7) is 3.85. The van der Waals surface area contributed by atoms with Gasteiger partial charge in [0.05, 0.1) is 23.0 Å². The molecule has 0 aliphatic rings. The van der Waals surface area contributed by atoms with Gasteiger partial charge in [0, 0.05) is 4.90 Å². The first kappa shape index (κ1) is 19.3. The van der Waals surface area contributed by atoms with Gasteiger partial charge in [-0.25, -0.2) is 5.43 Å². The molecular formula is C18H19BrN2O3S. The van der Waals surface area contributed by atoms with Gasteiger partial charge in [-0.1, -0.05) is 17.7 Å². The third-order valence-electron chi connectivity index (χ3n) is 3.36. The van der Waals surface area contributed by atoms with E-state index in [-0.39, 0.29) is 16.9 Å². The fourth-order valence-corrected chi connectivity index (χ4v) is 3.28. The molecule has 0 unspecified atom stereocenters. The molecule has 7 heteroatoms. The molecule has 0 spiro atoms. The molecule has 0 aromatic heterocycles. The molecule has 0 saturated carbocycles. The number of phenolic OH excluding ortho intramolecular Hbond substituents is 1. The van der Waals surface area contributed by atoms with E-state index in [2.05, 4.69) is 26.5 Å². The van der Waals surface area contributed by atoms with Crippen molar-refractivity contribution in [3.05, 3.63) is 52.0 Å². The highest BCUT2D eigenvalue weighted by atomic mass is 79.9. The Bertz CT molecular complexity index is 779. The number of hydrazone groups is 1. The highest BCUT2D eigenvalue weighted by Crippen LogP contribution is 2.34. The third-order valence-corrected chi connectivity index (χ3v) is 5.08. The summed E-state index contributed by atoms with van der Waals surface area (Å²) < 4.78 is 5.56. The largest absolute Gasteiger partial charge is 0.503 e. The first-order valence-electron chi connectivity index (χ1n) is 7.53. The summed E-state index contributed by atoms with van der Waals surface area (Å²) in [5, 5.41) is 13.5. The van der Waals surface area contributed by atoms with Crippen LogP contribution in [0.5, 0.6) is 11.5 Å². The molecule has 5 nitrogen and oxygen atoms in total. The first-order chi connectivity index (χ1) is 11.9. The zero-order valence-electron chi connectivity index (χ0n) is 14.1. The second-order valence-electron chi connectivity index (χ2n) is 5.36. The second kappa shape index (κ2) is 8.92. The van der Waals surface area contributed by atoms with Crippen molar-refractivity contribution in [2.24, 2.45) is 5.10 Å². The molecule has 2 aromatic rings. The van der Waals surface area contributed by atoms with Crippen molar-refractivity contribution in [2.45, 2.75) is 24.0 Å². The van der Waals surface area contributed by atoms with Crippen LogP contribution in [0.2, 0.25) is 0 Å². The van der Waals surface area contributed by atoms with Gasteiger partial charge < -0.3 is 9.84 Å². The number of carbonyl (C=O) groups is 1. The van der Waals surface area contributed by atoms with E-state index < -0.39 is 0 Å². The molecular weight excluding hydrogens is 404 g/mol. The van der Waals surface area contributed by atoms with Crippen LogP contribution < -0.4 is 10.2 Å². The van der Waals surface area contributed by atoms with E-state index in [9.17, 15) is 9.90 Å². The van der Waals surface area contributed by atoms with Crippen LogP contribution in [0.25, 0.3) is 0 Å². The summed E-state index contributed by atoms with van der Waals surface area (Å²) >= 11 is 4.71. The lowest BCUT2D eigenvalue weighted by molar-refractivity contribution is -0.120. The standard InChI is InChI=1S/C18H19BrN2O3S/c1-11-4-6-14(7-5-11)25-12(2)18(23)21-20-10-13-8-15(19)17(22)16(9-13)24-3/h4-10,12,22H,1-3H3,(H,21,23)/b20-10-/t12-/m0/s1. The van der Waals surface area contributed by atoms with Crippen LogP contribution in [0.1, 0.15) is 18.1 Å². The lowest BCUT2D eigenvalue weighted by atomic mass is 10.2. The van der Waals surface area contributed by atoms with E-state index in [1.807, 2.05) is 38.1 Å². The second-order valence-corrected chi connectivity index (χ2v) is 7.63. The SMILES string of the molecule is COc1cc(/C=N\NC(=O)[C@H](C)Sc2ccc(C)cc2)cc(Br)c1O. The summed E-state index contributed by atoms with van der Waals surface area (Å²) in [5.41, 5.74) is 4.39. The van der Waals surface area contributed by atoms with E-state index in [1.54, 1.807) is 12.1 Å². The van der Waals surface area contributed by atoms with Crippen LogP contribution >= 0.6 is 27.7 Å². The molecule has 1 amide bonds. The van der Waals surface area contributed by atoms with Crippen molar-refractivity contribution in [3.63, 3.8) is 0 Å². The van der Waals surface area contributed by atoms with Crippen molar-refractivity contribution < 1.29 is 14.6 Å². The number of aryl methyl sites for hydroxylation is 1. The minimum atomic E-state index is -0.277. The Balaban J connectivity index is 1.95. The molecule has 0 aliphatic heterocycles. The molecule has 0 heterocycles. The Morgan fingerprint density at radius 2 is 2.04 bits per heavy atom. The Morgan fingerprint density at radius 1 is 1.36 bits per heavy atom. The molecule has 2 N–H and O–H groups in total. The molecule has 132 valence electrons. The van der Waals surface area contributed by atoms with E-state index in [1.165, 1.54) is 30.6 Å². The monoisotopic (exact) mass is 422 g/mol. The molecule has 0 fully saturated rings.